The second-order valence-electron chi connectivity index (χ2n) is 4.19. The first-order valence-corrected chi connectivity index (χ1v) is 7.39. The predicted molar refractivity (Wildman–Crippen MR) is 76.5 cm³/mol. The number of thioether (sulfide) groups is 1. The quantitative estimate of drug-likeness (QED) is 0.471. The monoisotopic (exact) mass is 262 g/mol. The average Bonchev–Trinajstić information content (AvgIpc) is 2.39. The molecule has 96 valence electrons. The van der Waals surface area contributed by atoms with Gasteiger partial charge in [0.05, 0.1) is 0 Å². The Morgan fingerprint density at radius 2 is 2.17 bits per heavy atom. The highest BCUT2D eigenvalue weighted by Gasteiger charge is 2.10. The second-order valence-corrected chi connectivity index (χ2v) is 5.27. The third-order valence-electron chi connectivity index (χ3n) is 2.88. The van der Waals surface area contributed by atoms with E-state index >= 15 is 0 Å². The molecule has 0 aliphatic carbocycles. The molecule has 0 spiro atoms. The zero-order valence-corrected chi connectivity index (χ0v) is 11.7. The Hall–Kier alpha value is -1.29. The molecule has 4 heteroatoms. The zero-order valence-electron chi connectivity index (χ0n) is 10.8. The lowest BCUT2D eigenvalue weighted by Gasteiger charge is -2.08. The van der Waals surface area contributed by atoms with Gasteiger partial charge in [-0.15, -0.1) is 11.8 Å². The number of nitrogens with zero attached hydrogens (tertiary/aromatic N) is 2. The van der Waals surface area contributed by atoms with Gasteiger partial charge in [-0.1, -0.05) is 26.3 Å². The molecule has 0 amide bonds. The summed E-state index contributed by atoms with van der Waals surface area (Å²) in [6.45, 7) is 4.18. The van der Waals surface area contributed by atoms with E-state index in [0.29, 0.717) is 0 Å². The third-order valence-corrected chi connectivity index (χ3v) is 3.98. The van der Waals surface area contributed by atoms with Crippen molar-refractivity contribution in [3.63, 3.8) is 0 Å². The van der Waals surface area contributed by atoms with Crippen LogP contribution in [0.4, 0.5) is 0 Å². The maximum Gasteiger partial charge on any atom is 0.262 e. The minimum atomic E-state index is 0.0714. The van der Waals surface area contributed by atoms with Crippen molar-refractivity contribution in [1.82, 2.24) is 9.38 Å². The van der Waals surface area contributed by atoms with Crippen molar-refractivity contribution < 1.29 is 0 Å². The van der Waals surface area contributed by atoms with Gasteiger partial charge in [0.15, 0.2) is 0 Å². The van der Waals surface area contributed by atoms with Crippen LogP contribution in [0.25, 0.3) is 5.65 Å². The fourth-order valence-corrected chi connectivity index (χ4v) is 3.03. The largest absolute Gasteiger partial charge is 0.269 e. The molecule has 0 saturated carbocycles. The van der Waals surface area contributed by atoms with Crippen molar-refractivity contribution in [2.24, 2.45) is 0 Å². The molecule has 0 fully saturated rings. The Bertz CT molecular complexity index is 592. The molecule has 0 unspecified atom stereocenters. The Morgan fingerprint density at radius 3 is 2.89 bits per heavy atom. The first-order chi connectivity index (χ1) is 8.77. The van der Waals surface area contributed by atoms with Crippen LogP contribution in [0.5, 0.6) is 0 Å². The molecule has 0 aliphatic rings. The Labute approximate surface area is 111 Å². The van der Waals surface area contributed by atoms with Gasteiger partial charge in [0.2, 0.25) is 0 Å². The van der Waals surface area contributed by atoms with Gasteiger partial charge in [-0.05, 0) is 30.7 Å². The number of hydrogen-bond donors (Lipinski definition) is 0. The third kappa shape index (κ3) is 2.58. The summed E-state index contributed by atoms with van der Waals surface area (Å²) in [5.41, 5.74) is 1.64. The normalized spacial score (nSPS) is 11.0. The number of hydrogen-bond acceptors (Lipinski definition) is 3. The fourth-order valence-electron chi connectivity index (χ4n) is 1.84. The van der Waals surface area contributed by atoms with Gasteiger partial charge in [0, 0.05) is 11.8 Å². The van der Waals surface area contributed by atoms with Crippen molar-refractivity contribution in [2.45, 2.75) is 38.1 Å². The van der Waals surface area contributed by atoms with Crippen molar-refractivity contribution in [3.05, 3.63) is 40.3 Å². The van der Waals surface area contributed by atoms with Gasteiger partial charge < -0.3 is 0 Å². The number of unbranched alkanes of at least 4 members (excludes halogenated alkanes) is 1. The first kappa shape index (κ1) is 13.1. The van der Waals surface area contributed by atoms with E-state index < -0.39 is 0 Å². The number of aromatic nitrogens is 2. The molecular weight excluding hydrogens is 244 g/mol. The van der Waals surface area contributed by atoms with Crippen LogP contribution in [0.3, 0.4) is 0 Å². The van der Waals surface area contributed by atoms with Gasteiger partial charge in [-0.25, -0.2) is 4.98 Å². The molecule has 0 aromatic carbocycles. The van der Waals surface area contributed by atoms with Crippen LogP contribution >= 0.6 is 11.8 Å². The van der Waals surface area contributed by atoms with Crippen LogP contribution in [0, 0.1) is 0 Å². The van der Waals surface area contributed by atoms with Crippen LogP contribution in [0.2, 0.25) is 0 Å². The van der Waals surface area contributed by atoms with Crippen LogP contribution in [-0.2, 0) is 6.42 Å². The van der Waals surface area contributed by atoms with Gasteiger partial charge in [-0.2, -0.15) is 0 Å². The van der Waals surface area contributed by atoms with Gasteiger partial charge in [-0.3, -0.25) is 9.20 Å². The number of fused-ring (bicyclic) bond motifs is 1. The average molecular weight is 262 g/mol. The Balaban J connectivity index is 2.48. The minimum Gasteiger partial charge on any atom is -0.269 e. The molecule has 2 rings (SSSR count). The van der Waals surface area contributed by atoms with Crippen molar-refractivity contribution in [2.75, 3.05) is 5.75 Å². The van der Waals surface area contributed by atoms with Gasteiger partial charge in [0.25, 0.3) is 5.56 Å². The molecule has 2 aromatic heterocycles. The zero-order chi connectivity index (χ0) is 13.0. The lowest BCUT2D eigenvalue weighted by molar-refractivity contribution is 0.879. The molecular formula is C14H18N2OS. The van der Waals surface area contributed by atoms with E-state index in [1.165, 1.54) is 6.42 Å². The van der Waals surface area contributed by atoms with E-state index in [1.54, 1.807) is 22.4 Å². The molecule has 18 heavy (non-hydrogen) atoms. The van der Waals surface area contributed by atoms with Crippen LogP contribution in [-0.4, -0.2) is 15.1 Å². The number of rotatable bonds is 5. The van der Waals surface area contributed by atoms with Crippen LogP contribution in [0.1, 0.15) is 32.3 Å². The fraction of sp³-hybridized carbons (Fsp3) is 0.429. The van der Waals surface area contributed by atoms with E-state index in [9.17, 15) is 4.79 Å². The number of pyridine rings is 1. The summed E-state index contributed by atoms with van der Waals surface area (Å²) in [5.74, 6) is 1.03. The maximum atomic E-state index is 12.3. The van der Waals surface area contributed by atoms with E-state index in [1.807, 2.05) is 25.1 Å². The Kier molecular flexibility index (Phi) is 4.42. The van der Waals surface area contributed by atoms with E-state index in [2.05, 4.69) is 11.9 Å². The molecule has 2 aromatic rings. The standard InChI is InChI=1S/C14H18N2OS/c1-3-5-10-18-13-11(4-2)14(17)16-9-7-6-8-12(16)15-13/h6-9H,3-5,10H2,1-2H3. The molecule has 0 radical (unpaired) electrons. The van der Waals surface area contributed by atoms with E-state index in [-0.39, 0.29) is 5.56 Å². The van der Waals surface area contributed by atoms with E-state index in [4.69, 9.17) is 0 Å². The second kappa shape index (κ2) is 6.05. The van der Waals surface area contributed by atoms with Crippen molar-refractivity contribution in [3.8, 4) is 0 Å². The van der Waals surface area contributed by atoms with Crippen LogP contribution in [0.15, 0.2) is 34.2 Å². The smallest absolute Gasteiger partial charge is 0.262 e. The molecule has 0 aliphatic heterocycles. The maximum absolute atomic E-state index is 12.3. The summed E-state index contributed by atoms with van der Waals surface area (Å²) in [6, 6.07) is 5.65. The lowest BCUT2D eigenvalue weighted by atomic mass is 10.2. The molecule has 0 N–H and O–H groups in total. The highest BCUT2D eigenvalue weighted by atomic mass is 32.2. The highest BCUT2D eigenvalue weighted by Crippen LogP contribution is 2.20. The summed E-state index contributed by atoms with van der Waals surface area (Å²) >= 11 is 1.70. The van der Waals surface area contributed by atoms with Gasteiger partial charge >= 0.3 is 0 Å². The van der Waals surface area contributed by atoms with Crippen LogP contribution < -0.4 is 5.56 Å². The Morgan fingerprint density at radius 1 is 1.33 bits per heavy atom. The molecule has 0 bridgehead atoms. The topological polar surface area (TPSA) is 34.4 Å². The molecule has 3 nitrogen and oxygen atoms in total. The summed E-state index contributed by atoms with van der Waals surface area (Å²) in [7, 11) is 0. The summed E-state index contributed by atoms with van der Waals surface area (Å²) in [5, 5.41) is 0.905. The summed E-state index contributed by atoms with van der Waals surface area (Å²) in [6.07, 6.45) is 4.84. The first-order valence-electron chi connectivity index (χ1n) is 6.41. The summed E-state index contributed by atoms with van der Waals surface area (Å²) in [4.78, 5) is 16.9. The minimum absolute atomic E-state index is 0.0714. The molecule has 2 heterocycles. The molecule has 0 saturated heterocycles. The van der Waals surface area contributed by atoms with Crippen molar-refractivity contribution in [1.29, 1.82) is 0 Å². The van der Waals surface area contributed by atoms with Crippen molar-refractivity contribution >= 4 is 17.4 Å². The summed E-state index contributed by atoms with van der Waals surface area (Å²) < 4.78 is 1.63. The van der Waals surface area contributed by atoms with E-state index in [0.717, 1.165) is 34.8 Å². The SMILES string of the molecule is CCCCSc1nc2ccccn2c(=O)c1CC. The highest BCUT2D eigenvalue weighted by molar-refractivity contribution is 7.99. The predicted octanol–water partition coefficient (Wildman–Crippen LogP) is 3.15. The van der Waals surface area contributed by atoms with Gasteiger partial charge in [0.1, 0.15) is 10.7 Å². The lowest BCUT2D eigenvalue weighted by Crippen LogP contribution is -2.20. The molecule has 0 atom stereocenters.